The number of nitrogens with zero attached hydrogens (tertiary/aromatic N) is 5. The van der Waals surface area contributed by atoms with Crippen molar-refractivity contribution in [1.82, 2.24) is 24.7 Å². The molecule has 172 valence electrons. The smallest absolute Gasteiger partial charge is 0.228 e. The second-order valence-electron chi connectivity index (χ2n) is 9.11. The lowest BCUT2D eigenvalue weighted by atomic mass is 9.97. The Labute approximate surface area is 195 Å². The van der Waals surface area contributed by atoms with Gasteiger partial charge < -0.3 is 10.1 Å². The van der Waals surface area contributed by atoms with Crippen LogP contribution in [0.2, 0.25) is 0 Å². The van der Waals surface area contributed by atoms with Crippen LogP contribution >= 0.6 is 0 Å². The molecule has 0 spiro atoms. The van der Waals surface area contributed by atoms with E-state index in [1.54, 1.807) is 41.6 Å². The summed E-state index contributed by atoms with van der Waals surface area (Å²) in [5, 5.41) is 7.69. The zero-order chi connectivity index (χ0) is 23.2. The molecule has 3 aromatic heterocycles. The van der Waals surface area contributed by atoms with Gasteiger partial charge in [0, 0.05) is 17.5 Å². The Kier molecular flexibility index (Phi) is 4.97. The molecule has 3 unspecified atom stereocenters. The largest absolute Gasteiger partial charge is 0.490 e. The molecule has 2 saturated carbocycles. The van der Waals surface area contributed by atoms with Crippen molar-refractivity contribution in [3.05, 3.63) is 67.3 Å². The molecule has 0 aliphatic heterocycles. The van der Waals surface area contributed by atoms with Crippen LogP contribution in [0, 0.1) is 29.5 Å². The van der Waals surface area contributed by atoms with Crippen molar-refractivity contribution in [1.29, 1.82) is 0 Å². The van der Waals surface area contributed by atoms with Crippen LogP contribution in [0.15, 0.2) is 61.4 Å². The molecule has 6 rings (SSSR count). The summed E-state index contributed by atoms with van der Waals surface area (Å²) < 4.78 is 21.6. The average molecular weight is 458 g/mol. The van der Waals surface area contributed by atoms with E-state index in [9.17, 15) is 9.18 Å². The minimum Gasteiger partial charge on any atom is -0.490 e. The molecule has 8 nitrogen and oxygen atoms in total. The number of amides is 1. The normalized spacial score (nSPS) is 23.9. The Hall–Kier alpha value is -3.88. The summed E-state index contributed by atoms with van der Waals surface area (Å²) in [5.41, 5.74) is 1.49. The highest BCUT2D eigenvalue weighted by molar-refractivity contribution is 5.92. The highest BCUT2D eigenvalue weighted by Gasteiger charge is 2.59. The Morgan fingerprint density at radius 1 is 1.18 bits per heavy atom. The highest BCUT2D eigenvalue weighted by atomic mass is 19.1. The van der Waals surface area contributed by atoms with Gasteiger partial charge in [0.25, 0.3) is 0 Å². The van der Waals surface area contributed by atoms with Gasteiger partial charge in [0.2, 0.25) is 5.91 Å². The third-order valence-corrected chi connectivity index (χ3v) is 7.10. The first-order chi connectivity index (χ1) is 16.6. The molecule has 2 fully saturated rings. The monoisotopic (exact) mass is 458 g/mol. The van der Waals surface area contributed by atoms with E-state index in [0.29, 0.717) is 40.2 Å². The summed E-state index contributed by atoms with van der Waals surface area (Å²) in [6.07, 6.45) is 8.26. The van der Waals surface area contributed by atoms with Crippen LogP contribution in [0.25, 0.3) is 16.6 Å². The van der Waals surface area contributed by atoms with Crippen LogP contribution < -0.4 is 10.1 Å². The van der Waals surface area contributed by atoms with E-state index in [0.717, 1.165) is 18.5 Å². The van der Waals surface area contributed by atoms with Crippen LogP contribution in [-0.2, 0) is 4.79 Å². The lowest BCUT2D eigenvalue weighted by Crippen LogP contribution is -2.26. The van der Waals surface area contributed by atoms with Gasteiger partial charge in [-0.3, -0.25) is 9.78 Å². The molecule has 0 saturated heterocycles. The maximum absolute atomic E-state index is 13.7. The molecule has 3 heterocycles. The number of ether oxygens (including phenoxy) is 1. The van der Waals surface area contributed by atoms with Gasteiger partial charge in [0.1, 0.15) is 30.0 Å². The number of pyridine rings is 2. The number of aromatic nitrogens is 5. The second-order valence-corrected chi connectivity index (χ2v) is 9.11. The van der Waals surface area contributed by atoms with Gasteiger partial charge in [-0.2, -0.15) is 5.10 Å². The number of fused-ring (bicyclic) bond motifs is 2. The van der Waals surface area contributed by atoms with Crippen LogP contribution in [0.5, 0.6) is 5.75 Å². The van der Waals surface area contributed by atoms with Crippen LogP contribution in [0.1, 0.15) is 19.8 Å². The topological polar surface area (TPSA) is 94.8 Å². The van der Waals surface area contributed by atoms with E-state index in [2.05, 4.69) is 25.4 Å². The number of carbonyl (C=O) groups excluding carboxylic acids is 1. The zero-order valence-corrected chi connectivity index (χ0v) is 18.5. The fourth-order valence-corrected chi connectivity index (χ4v) is 5.41. The molecular formula is C25H23FN6O2. The average Bonchev–Trinajstić information content (AvgIpc) is 3.21. The van der Waals surface area contributed by atoms with E-state index < -0.39 is 0 Å². The van der Waals surface area contributed by atoms with Crippen LogP contribution in [0.3, 0.4) is 0 Å². The van der Waals surface area contributed by atoms with Gasteiger partial charge in [-0.25, -0.2) is 19.0 Å². The summed E-state index contributed by atoms with van der Waals surface area (Å²) in [6, 6.07) is 9.93. The summed E-state index contributed by atoms with van der Waals surface area (Å²) in [6.45, 7) is 1.98. The molecule has 1 N–H and O–H groups in total. The first kappa shape index (κ1) is 20.7. The number of nitrogens with one attached hydrogen (secondary N) is 1. The maximum Gasteiger partial charge on any atom is 0.228 e. The van der Waals surface area contributed by atoms with Gasteiger partial charge in [-0.15, -0.1) is 0 Å². The van der Waals surface area contributed by atoms with Gasteiger partial charge in [-0.05, 0) is 67.0 Å². The molecule has 1 amide bonds. The second kappa shape index (κ2) is 8.16. The Bertz CT molecular complexity index is 1330. The third-order valence-electron chi connectivity index (χ3n) is 7.10. The number of anilines is 1. The van der Waals surface area contributed by atoms with E-state index >= 15 is 0 Å². The van der Waals surface area contributed by atoms with E-state index in [4.69, 9.17) is 4.74 Å². The molecule has 9 heteroatoms. The van der Waals surface area contributed by atoms with Crippen molar-refractivity contribution in [2.24, 2.45) is 23.7 Å². The minimum absolute atomic E-state index is 0.0199. The number of benzene rings is 1. The summed E-state index contributed by atoms with van der Waals surface area (Å²) in [7, 11) is 0. The molecule has 0 radical (unpaired) electrons. The lowest BCUT2D eigenvalue weighted by molar-refractivity contribution is -0.120. The first-order valence-electron chi connectivity index (χ1n) is 11.4. The van der Waals surface area contributed by atoms with E-state index in [-0.39, 0.29) is 23.7 Å². The molecule has 4 aromatic rings. The van der Waals surface area contributed by atoms with E-state index in [1.165, 1.54) is 18.5 Å². The fraction of sp³-hybridized carbons (Fsp3) is 0.320. The number of halogens is 1. The standard InChI is InChI=1S/C25H23FN6O2/c1-14(25(33)31-23-5-3-16(11-29-23)32-13-27-12-30-32)24-18-9-17(10-19(18)24)34-22-6-7-28-21-4-2-15(26)8-20(21)22/h2-8,11-14,17-19,24H,9-10H2,1H3,(H,29,31,33). The third kappa shape index (κ3) is 3.76. The number of hydrogen-bond donors (Lipinski definition) is 1. The number of carbonyl (C=O) groups is 1. The molecular weight excluding hydrogens is 435 g/mol. The first-order valence-corrected chi connectivity index (χ1v) is 11.4. The van der Waals surface area contributed by atoms with Gasteiger partial charge in [0.15, 0.2) is 0 Å². The predicted molar refractivity (Wildman–Crippen MR) is 123 cm³/mol. The van der Waals surface area contributed by atoms with Crippen molar-refractivity contribution in [2.45, 2.75) is 25.9 Å². The van der Waals surface area contributed by atoms with Crippen molar-refractivity contribution in [2.75, 3.05) is 5.32 Å². The summed E-state index contributed by atoms with van der Waals surface area (Å²) in [4.78, 5) is 25.4. The highest BCUT2D eigenvalue weighted by Crippen LogP contribution is 2.61. The Balaban J connectivity index is 1.05. The van der Waals surface area contributed by atoms with Crippen molar-refractivity contribution >= 4 is 22.6 Å². The number of hydrogen-bond acceptors (Lipinski definition) is 6. The maximum atomic E-state index is 13.7. The number of rotatable bonds is 6. The quantitative estimate of drug-likeness (QED) is 0.469. The SMILES string of the molecule is CC(C(=O)Nc1ccc(-n2cncn2)cn1)C1C2CC(Oc3ccnc4ccc(F)cc34)CC21. The van der Waals surface area contributed by atoms with Crippen LogP contribution in [-0.4, -0.2) is 36.7 Å². The van der Waals surface area contributed by atoms with Gasteiger partial charge >= 0.3 is 0 Å². The van der Waals surface area contributed by atoms with Crippen molar-refractivity contribution in [3.8, 4) is 11.4 Å². The molecule has 2 aliphatic carbocycles. The molecule has 3 atom stereocenters. The molecule has 0 bridgehead atoms. The van der Waals surface area contributed by atoms with Gasteiger partial charge in [0.05, 0.1) is 23.5 Å². The van der Waals surface area contributed by atoms with Crippen LogP contribution in [0.4, 0.5) is 10.2 Å². The predicted octanol–water partition coefficient (Wildman–Crippen LogP) is 4.03. The minimum atomic E-state index is -0.304. The van der Waals surface area contributed by atoms with Gasteiger partial charge in [-0.1, -0.05) is 6.92 Å². The summed E-state index contributed by atoms with van der Waals surface area (Å²) >= 11 is 0. The summed E-state index contributed by atoms with van der Waals surface area (Å²) in [5.74, 6) is 2.04. The molecule has 2 aliphatic rings. The molecule has 1 aromatic carbocycles. The Morgan fingerprint density at radius 2 is 2.03 bits per heavy atom. The van der Waals surface area contributed by atoms with Crippen molar-refractivity contribution in [3.63, 3.8) is 0 Å². The fourth-order valence-electron chi connectivity index (χ4n) is 5.41. The lowest BCUT2D eigenvalue weighted by Gasteiger charge is -2.20. The van der Waals surface area contributed by atoms with Crippen molar-refractivity contribution < 1.29 is 13.9 Å². The van der Waals surface area contributed by atoms with E-state index in [1.807, 2.05) is 13.0 Å². The molecule has 34 heavy (non-hydrogen) atoms. The Morgan fingerprint density at radius 3 is 2.76 bits per heavy atom. The zero-order valence-electron chi connectivity index (χ0n) is 18.5.